The molecule has 0 unspecified atom stereocenters. The number of nitro benzene ring substituents is 1. The summed E-state index contributed by atoms with van der Waals surface area (Å²) in [6.45, 7) is 3.18. The highest BCUT2D eigenvalue weighted by atomic mass is 16.6. The van der Waals surface area contributed by atoms with Gasteiger partial charge in [-0.25, -0.2) is 0 Å². The lowest BCUT2D eigenvalue weighted by molar-refractivity contribution is -0.384. The zero-order chi connectivity index (χ0) is 12.3. The smallest absolute Gasteiger partial charge is 0.309 e. The highest BCUT2D eigenvalue weighted by Crippen LogP contribution is 2.24. The monoisotopic (exact) mass is 223 g/mol. The molecule has 0 saturated heterocycles. The van der Waals surface area contributed by atoms with E-state index in [9.17, 15) is 14.9 Å². The summed E-state index contributed by atoms with van der Waals surface area (Å²) in [6.07, 6.45) is 0.268. The zero-order valence-corrected chi connectivity index (χ0v) is 9.14. The Kier molecular flexibility index (Phi) is 3.27. The molecule has 0 radical (unpaired) electrons. The van der Waals surface area contributed by atoms with Gasteiger partial charge >= 0.3 is 5.97 Å². The number of hydrogen-bond donors (Lipinski definition) is 1. The zero-order valence-electron chi connectivity index (χ0n) is 9.14. The topological polar surface area (TPSA) is 80.4 Å². The summed E-state index contributed by atoms with van der Waals surface area (Å²) in [5.41, 5.74) is -0.282. The first-order chi connectivity index (χ1) is 7.33. The predicted molar refractivity (Wildman–Crippen MR) is 58.2 cm³/mol. The minimum atomic E-state index is -0.921. The highest BCUT2D eigenvalue weighted by Gasteiger charge is 2.27. The Hall–Kier alpha value is -1.91. The Balaban J connectivity index is 2.94. The molecule has 1 aromatic carbocycles. The molecule has 0 fully saturated rings. The van der Waals surface area contributed by atoms with Crippen molar-refractivity contribution in [3.05, 3.63) is 39.9 Å². The Morgan fingerprint density at radius 3 is 2.62 bits per heavy atom. The molecule has 0 aliphatic heterocycles. The average molecular weight is 223 g/mol. The number of rotatable bonds is 4. The number of nitro groups is 1. The molecule has 5 heteroatoms. The van der Waals surface area contributed by atoms with Crippen molar-refractivity contribution in [1.29, 1.82) is 0 Å². The first kappa shape index (κ1) is 12.2. The number of nitrogens with zero attached hydrogens (tertiary/aromatic N) is 1. The Labute approximate surface area is 92.9 Å². The second kappa shape index (κ2) is 4.30. The summed E-state index contributed by atoms with van der Waals surface area (Å²) < 4.78 is 0. The molecule has 0 saturated carbocycles. The van der Waals surface area contributed by atoms with E-state index in [0.717, 1.165) is 0 Å². The van der Waals surface area contributed by atoms with Crippen LogP contribution in [-0.2, 0) is 11.2 Å². The number of aliphatic carboxylic acids is 1. The third-order valence-corrected chi connectivity index (χ3v) is 2.35. The molecule has 1 N–H and O–H groups in total. The maximum atomic E-state index is 10.9. The first-order valence-corrected chi connectivity index (χ1v) is 4.79. The van der Waals surface area contributed by atoms with Crippen molar-refractivity contribution >= 4 is 11.7 Å². The summed E-state index contributed by atoms with van der Waals surface area (Å²) in [5, 5.41) is 19.5. The van der Waals surface area contributed by atoms with E-state index < -0.39 is 16.3 Å². The molecule has 0 spiro atoms. The molecular weight excluding hydrogens is 210 g/mol. The predicted octanol–water partition coefficient (Wildman–Crippen LogP) is 2.25. The van der Waals surface area contributed by atoms with Crippen molar-refractivity contribution in [2.24, 2.45) is 5.41 Å². The molecule has 86 valence electrons. The van der Waals surface area contributed by atoms with Crippen LogP contribution in [0.3, 0.4) is 0 Å². The minimum Gasteiger partial charge on any atom is -0.481 e. The second-order valence-electron chi connectivity index (χ2n) is 4.29. The van der Waals surface area contributed by atoms with Crippen LogP contribution in [0.5, 0.6) is 0 Å². The molecule has 0 aromatic heterocycles. The van der Waals surface area contributed by atoms with Crippen molar-refractivity contribution in [3.8, 4) is 0 Å². The molecule has 0 aliphatic rings. The number of hydrogen-bond acceptors (Lipinski definition) is 3. The van der Waals surface area contributed by atoms with Crippen molar-refractivity contribution in [3.63, 3.8) is 0 Å². The van der Waals surface area contributed by atoms with Crippen LogP contribution in [0.25, 0.3) is 0 Å². The number of carboxylic acids is 1. The highest BCUT2D eigenvalue weighted by molar-refractivity contribution is 5.74. The van der Waals surface area contributed by atoms with E-state index in [1.165, 1.54) is 12.1 Å². The van der Waals surface area contributed by atoms with Gasteiger partial charge in [0.25, 0.3) is 5.69 Å². The summed E-state index contributed by atoms with van der Waals surface area (Å²) in [6, 6.07) is 6.05. The van der Waals surface area contributed by atoms with E-state index in [-0.39, 0.29) is 12.1 Å². The van der Waals surface area contributed by atoms with Gasteiger partial charge in [0.15, 0.2) is 0 Å². The Morgan fingerprint density at radius 1 is 1.50 bits per heavy atom. The van der Waals surface area contributed by atoms with Crippen LogP contribution in [0.4, 0.5) is 5.69 Å². The van der Waals surface area contributed by atoms with Gasteiger partial charge in [-0.2, -0.15) is 0 Å². The summed E-state index contributed by atoms with van der Waals surface area (Å²) in [5.74, 6) is -0.918. The fourth-order valence-corrected chi connectivity index (χ4v) is 1.37. The average Bonchev–Trinajstić information content (AvgIpc) is 2.17. The molecular formula is C11H13NO4. The van der Waals surface area contributed by atoms with E-state index in [2.05, 4.69) is 0 Å². The largest absolute Gasteiger partial charge is 0.481 e. The van der Waals surface area contributed by atoms with Crippen molar-refractivity contribution in [2.75, 3.05) is 0 Å². The Bertz CT molecular complexity index is 426. The number of non-ortho nitro benzene ring substituents is 1. The fourth-order valence-electron chi connectivity index (χ4n) is 1.37. The quantitative estimate of drug-likeness (QED) is 0.627. The molecule has 0 bridgehead atoms. The van der Waals surface area contributed by atoms with Gasteiger partial charge in [-0.15, -0.1) is 0 Å². The SMILES string of the molecule is CC(C)(Cc1cccc([N+](=O)[O-])c1)C(=O)O. The van der Waals surface area contributed by atoms with Crippen LogP contribution in [-0.4, -0.2) is 16.0 Å². The summed E-state index contributed by atoms with van der Waals surface area (Å²) in [7, 11) is 0. The molecule has 1 aromatic rings. The minimum absolute atomic E-state index is 0.0151. The van der Waals surface area contributed by atoms with Crippen LogP contribution < -0.4 is 0 Å². The molecule has 5 nitrogen and oxygen atoms in total. The van der Waals surface area contributed by atoms with Crippen LogP contribution in [0, 0.1) is 15.5 Å². The van der Waals surface area contributed by atoms with Crippen molar-refractivity contribution in [2.45, 2.75) is 20.3 Å². The van der Waals surface area contributed by atoms with E-state index in [1.54, 1.807) is 26.0 Å². The van der Waals surface area contributed by atoms with Crippen LogP contribution in [0.1, 0.15) is 19.4 Å². The number of carbonyl (C=O) groups is 1. The molecule has 0 heterocycles. The van der Waals surface area contributed by atoms with Gasteiger partial charge in [0.2, 0.25) is 0 Å². The molecule has 0 aliphatic carbocycles. The van der Waals surface area contributed by atoms with E-state index in [1.807, 2.05) is 0 Å². The Morgan fingerprint density at radius 2 is 2.12 bits per heavy atom. The van der Waals surface area contributed by atoms with E-state index in [4.69, 9.17) is 5.11 Å². The lowest BCUT2D eigenvalue weighted by Crippen LogP contribution is -2.26. The first-order valence-electron chi connectivity index (χ1n) is 4.79. The summed E-state index contributed by atoms with van der Waals surface area (Å²) >= 11 is 0. The van der Waals surface area contributed by atoms with E-state index in [0.29, 0.717) is 5.56 Å². The lowest BCUT2D eigenvalue weighted by atomic mass is 9.86. The maximum absolute atomic E-state index is 10.9. The van der Waals surface area contributed by atoms with Crippen molar-refractivity contribution < 1.29 is 14.8 Å². The molecule has 0 atom stereocenters. The van der Waals surface area contributed by atoms with Gasteiger partial charge in [-0.05, 0) is 25.8 Å². The standard InChI is InChI=1S/C11H13NO4/c1-11(2,10(13)14)7-8-4-3-5-9(6-8)12(15)16/h3-6H,7H2,1-2H3,(H,13,14). The van der Waals surface area contributed by atoms with Gasteiger partial charge in [-0.3, -0.25) is 14.9 Å². The van der Waals surface area contributed by atoms with E-state index >= 15 is 0 Å². The van der Waals surface area contributed by atoms with Crippen LogP contribution >= 0.6 is 0 Å². The maximum Gasteiger partial charge on any atom is 0.309 e. The third-order valence-electron chi connectivity index (χ3n) is 2.35. The normalized spacial score (nSPS) is 11.1. The van der Waals surface area contributed by atoms with Gasteiger partial charge < -0.3 is 5.11 Å². The molecule has 16 heavy (non-hydrogen) atoms. The van der Waals surface area contributed by atoms with Crippen molar-refractivity contribution in [1.82, 2.24) is 0 Å². The van der Waals surface area contributed by atoms with Gasteiger partial charge in [0, 0.05) is 12.1 Å². The number of carboxylic acid groups (broad SMARTS) is 1. The fraction of sp³-hybridized carbons (Fsp3) is 0.364. The van der Waals surface area contributed by atoms with Gasteiger partial charge in [0.05, 0.1) is 10.3 Å². The molecule has 1 rings (SSSR count). The van der Waals surface area contributed by atoms with Gasteiger partial charge in [0.1, 0.15) is 0 Å². The second-order valence-corrected chi connectivity index (χ2v) is 4.29. The van der Waals surface area contributed by atoms with Gasteiger partial charge in [-0.1, -0.05) is 12.1 Å². The van der Waals surface area contributed by atoms with Crippen LogP contribution in [0.15, 0.2) is 24.3 Å². The lowest BCUT2D eigenvalue weighted by Gasteiger charge is -2.18. The number of benzene rings is 1. The third kappa shape index (κ3) is 2.79. The summed E-state index contributed by atoms with van der Waals surface area (Å²) in [4.78, 5) is 21.0. The molecule has 0 amide bonds. The van der Waals surface area contributed by atoms with Crippen LogP contribution in [0.2, 0.25) is 0 Å².